The van der Waals surface area contributed by atoms with Gasteiger partial charge in [-0.15, -0.1) is 0 Å². The van der Waals surface area contributed by atoms with Crippen molar-refractivity contribution >= 4 is 16.9 Å². The fourth-order valence-electron chi connectivity index (χ4n) is 2.66. The van der Waals surface area contributed by atoms with Crippen molar-refractivity contribution in [2.75, 3.05) is 20.2 Å². The second-order valence-corrected chi connectivity index (χ2v) is 6.15. The largest absolute Gasteiger partial charge is 0.492 e. The third-order valence-electron chi connectivity index (χ3n) is 4.24. The maximum absolute atomic E-state index is 12.3. The third kappa shape index (κ3) is 4.38. The Morgan fingerprint density at radius 2 is 1.92 bits per heavy atom. The van der Waals surface area contributed by atoms with Crippen LogP contribution in [0.2, 0.25) is 0 Å². The minimum atomic E-state index is 0.102. The number of benzene rings is 2. The van der Waals surface area contributed by atoms with Crippen LogP contribution in [0.15, 0.2) is 54.9 Å². The van der Waals surface area contributed by atoms with Crippen LogP contribution in [0, 0.1) is 6.92 Å². The molecule has 0 bridgehead atoms. The van der Waals surface area contributed by atoms with Crippen LogP contribution in [0.3, 0.4) is 0 Å². The van der Waals surface area contributed by atoms with Crippen LogP contribution in [0.1, 0.15) is 12.0 Å². The number of carbonyl (C=O) groups excluding carboxylic acids is 1. The van der Waals surface area contributed by atoms with E-state index >= 15 is 0 Å². The number of ether oxygens (including phenoxy) is 1. The van der Waals surface area contributed by atoms with Gasteiger partial charge < -0.3 is 14.2 Å². The smallest absolute Gasteiger partial charge is 0.224 e. The summed E-state index contributed by atoms with van der Waals surface area (Å²) in [4.78, 5) is 18.4. The number of para-hydroxylation sites is 2. The van der Waals surface area contributed by atoms with E-state index in [4.69, 9.17) is 4.74 Å². The molecule has 0 radical (unpaired) electrons. The van der Waals surface area contributed by atoms with Gasteiger partial charge in [-0.2, -0.15) is 0 Å². The molecule has 0 saturated heterocycles. The molecule has 0 N–H and O–H groups in total. The predicted octanol–water partition coefficient (Wildman–Crippen LogP) is 3.27. The van der Waals surface area contributed by atoms with Gasteiger partial charge in [-0.05, 0) is 31.2 Å². The molecule has 5 heteroatoms. The van der Waals surface area contributed by atoms with E-state index < -0.39 is 0 Å². The lowest BCUT2D eigenvalue weighted by Crippen LogP contribution is -2.31. The van der Waals surface area contributed by atoms with Crippen molar-refractivity contribution in [3.63, 3.8) is 0 Å². The number of imidazole rings is 1. The Morgan fingerprint density at radius 3 is 2.72 bits per heavy atom. The highest BCUT2D eigenvalue weighted by Gasteiger charge is 2.10. The number of aryl methyl sites for hydroxylation is 2. The molecule has 0 spiro atoms. The van der Waals surface area contributed by atoms with E-state index in [1.807, 2.05) is 67.1 Å². The van der Waals surface area contributed by atoms with E-state index in [1.54, 1.807) is 11.2 Å². The summed E-state index contributed by atoms with van der Waals surface area (Å²) in [6.07, 6.45) is 2.24. The summed E-state index contributed by atoms with van der Waals surface area (Å²) in [6, 6.07) is 15.9. The number of amides is 1. The number of carbonyl (C=O) groups is 1. The molecule has 0 saturated carbocycles. The van der Waals surface area contributed by atoms with Crippen molar-refractivity contribution in [1.82, 2.24) is 14.5 Å². The molecule has 5 nitrogen and oxygen atoms in total. The standard InChI is InChI=1S/C20H23N3O2/c1-16-7-9-17(10-8-16)25-14-13-22(2)20(24)11-12-23-15-21-18-5-3-4-6-19(18)23/h3-10,15H,11-14H2,1-2H3. The van der Waals surface area contributed by atoms with Crippen LogP contribution < -0.4 is 4.74 Å². The summed E-state index contributed by atoms with van der Waals surface area (Å²) < 4.78 is 7.70. The zero-order valence-corrected chi connectivity index (χ0v) is 14.7. The van der Waals surface area contributed by atoms with Crippen LogP contribution >= 0.6 is 0 Å². The Morgan fingerprint density at radius 1 is 1.16 bits per heavy atom. The molecule has 1 amide bonds. The van der Waals surface area contributed by atoms with Gasteiger partial charge in [0.15, 0.2) is 0 Å². The van der Waals surface area contributed by atoms with Crippen molar-refractivity contribution in [2.24, 2.45) is 0 Å². The SMILES string of the molecule is Cc1ccc(OCCN(C)C(=O)CCn2cnc3ccccc32)cc1. The minimum Gasteiger partial charge on any atom is -0.492 e. The van der Waals surface area contributed by atoms with E-state index in [-0.39, 0.29) is 5.91 Å². The average Bonchev–Trinajstić information content (AvgIpc) is 3.04. The van der Waals surface area contributed by atoms with Gasteiger partial charge in [0.25, 0.3) is 0 Å². The van der Waals surface area contributed by atoms with Crippen molar-refractivity contribution in [3.05, 3.63) is 60.4 Å². The van der Waals surface area contributed by atoms with Gasteiger partial charge in [0.2, 0.25) is 5.91 Å². The zero-order valence-electron chi connectivity index (χ0n) is 14.7. The van der Waals surface area contributed by atoms with Crippen molar-refractivity contribution < 1.29 is 9.53 Å². The molecule has 1 heterocycles. The highest BCUT2D eigenvalue weighted by molar-refractivity contribution is 5.77. The second-order valence-electron chi connectivity index (χ2n) is 6.15. The van der Waals surface area contributed by atoms with Gasteiger partial charge in [0.05, 0.1) is 23.9 Å². The van der Waals surface area contributed by atoms with Gasteiger partial charge in [-0.3, -0.25) is 4.79 Å². The van der Waals surface area contributed by atoms with Crippen molar-refractivity contribution in [3.8, 4) is 5.75 Å². The Hall–Kier alpha value is -2.82. The number of hydrogen-bond acceptors (Lipinski definition) is 3. The van der Waals surface area contributed by atoms with E-state index in [0.29, 0.717) is 26.1 Å². The summed E-state index contributed by atoms with van der Waals surface area (Å²) in [5.74, 6) is 0.932. The summed E-state index contributed by atoms with van der Waals surface area (Å²) in [7, 11) is 1.81. The first-order valence-corrected chi connectivity index (χ1v) is 8.47. The lowest BCUT2D eigenvalue weighted by atomic mass is 10.2. The van der Waals surface area contributed by atoms with E-state index in [1.165, 1.54) is 5.56 Å². The zero-order chi connectivity index (χ0) is 17.6. The molecule has 0 aliphatic carbocycles. The summed E-state index contributed by atoms with van der Waals surface area (Å²) in [6.45, 7) is 3.72. The lowest BCUT2D eigenvalue weighted by Gasteiger charge is -2.18. The first kappa shape index (κ1) is 17.0. The number of hydrogen-bond donors (Lipinski definition) is 0. The lowest BCUT2D eigenvalue weighted by molar-refractivity contribution is -0.130. The molecule has 0 atom stereocenters. The molecule has 0 aliphatic rings. The maximum atomic E-state index is 12.3. The van der Waals surface area contributed by atoms with Crippen molar-refractivity contribution in [1.29, 1.82) is 0 Å². The van der Waals surface area contributed by atoms with E-state index in [9.17, 15) is 4.79 Å². The Kier molecular flexibility index (Phi) is 5.33. The second kappa shape index (κ2) is 7.83. The Balaban J connectivity index is 1.45. The topological polar surface area (TPSA) is 47.4 Å². The normalized spacial score (nSPS) is 10.8. The Labute approximate surface area is 147 Å². The molecule has 2 aromatic carbocycles. The number of rotatable bonds is 7. The molecule has 1 aromatic heterocycles. The number of likely N-dealkylation sites (N-methyl/N-ethyl adjacent to an activating group) is 1. The summed E-state index contributed by atoms with van der Waals surface area (Å²) >= 11 is 0. The highest BCUT2D eigenvalue weighted by Crippen LogP contribution is 2.13. The molecule has 3 aromatic rings. The first-order valence-electron chi connectivity index (χ1n) is 8.47. The fraction of sp³-hybridized carbons (Fsp3) is 0.300. The van der Waals surface area contributed by atoms with Gasteiger partial charge in [-0.1, -0.05) is 29.8 Å². The summed E-state index contributed by atoms with van der Waals surface area (Å²) in [5.41, 5.74) is 3.21. The van der Waals surface area contributed by atoms with Crippen LogP contribution in [0.5, 0.6) is 5.75 Å². The van der Waals surface area contributed by atoms with E-state index in [2.05, 4.69) is 4.98 Å². The molecule has 0 aliphatic heterocycles. The van der Waals surface area contributed by atoms with Gasteiger partial charge >= 0.3 is 0 Å². The molecule has 0 fully saturated rings. The number of nitrogens with zero attached hydrogens (tertiary/aromatic N) is 3. The fourth-order valence-corrected chi connectivity index (χ4v) is 2.66. The van der Waals surface area contributed by atoms with E-state index in [0.717, 1.165) is 16.8 Å². The summed E-state index contributed by atoms with van der Waals surface area (Å²) in [5, 5.41) is 0. The molecule has 0 unspecified atom stereocenters. The van der Waals surface area contributed by atoms with Crippen LogP contribution in [-0.4, -0.2) is 40.6 Å². The number of aromatic nitrogens is 2. The first-order chi connectivity index (χ1) is 12.1. The van der Waals surface area contributed by atoms with Crippen LogP contribution in [0.25, 0.3) is 11.0 Å². The van der Waals surface area contributed by atoms with Gasteiger partial charge in [-0.25, -0.2) is 4.98 Å². The third-order valence-corrected chi connectivity index (χ3v) is 4.24. The minimum absolute atomic E-state index is 0.102. The molecule has 3 rings (SSSR count). The molecular formula is C20H23N3O2. The van der Waals surface area contributed by atoms with Gasteiger partial charge in [0.1, 0.15) is 12.4 Å². The van der Waals surface area contributed by atoms with Crippen LogP contribution in [0.4, 0.5) is 0 Å². The Bertz CT molecular complexity index is 840. The quantitative estimate of drug-likeness (QED) is 0.665. The van der Waals surface area contributed by atoms with Gasteiger partial charge in [0, 0.05) is 20.0 Å². The van der Waals surface area contributed by atoms with Crippen LogP contribution in [-0.2, 0) is 11.3 Å². The molecular weight excluding hydrogens is 314 g/mol. The average molecular weight is 337 g/mol. The molecule has 130 valence electrons. The predicted molar refractivity (Wildman–Crippen MR) is 98.7 cm³/mol. The highest BCUT2D eigenvalue weighted by atomic mass is 16.5. The maximum Gasteiger partial charge on any atom is 0.224 e. The monoisotopic (exact) mass is 337 g/mol. The number of fused-ring (bicyclic) bond motifs is 1. The van der Waals surface area contributed by atoms with Crippen molar-refractivity contribution in [2.45, 2.75) is 19.9 Å². The molecule has 25 heavy (non-hydrogen) atoms.